The summed E-state index contributed by atoms with van der Waals surface area (Å²) in [6.07, 6.45) is -0.194. The summed E-state index contributed by atoms with van der Waals surface area (Å²) in [6, 6.07) is 17.9. The smallest absolute Gasteiger partial charge is 0.214 e. The number of Topliss-reactive ketones (excluding diaryl/α,β-unsaturated/α-hetero) is 1. The van der Waals surface area contributed by atoms with E-state index in [4.69, 9.17) is 4.74 Å². The van der Waals surface area contributed by atoms with Crippen molar-refractivity contribution in [1.29, 1.82) is 0 Å². The van der Waals surface area contributed by atoms with E-state index in [0.717, 1.165) is 15.6 Å². The number of nitrogens with one attached hydrogen (secondary N) is 1. The van der Waals surface area contributed by atoms with Crippen molar-refractivity contribution in [2.24, 2.45) is 5.10 Å². The SMILES string of the molecule is C[C@]1(C(=O)C2=NNC[C@H]2c2ccc(Br)cc2)O[C@H]1c1ccccc1. The molecule has 0 aliphatic carbocycles. The van der Waals surface area contributed by atoms with Gasteiger partial charge in [-0.1, -0.05) is 58.4 Å². The van der Waals surface area contributed by atoms with Crippen molar-refractivity contribution in [3.8, 4) is 0 Å². The molecule has 0 spiro atoms. The molecule has 0 saturated carbocycles. The molecule has 4 rings (SSSR count). The predicted octanol–water partition coefficient (Wildman–Crippen LogP) is 3.59. The molecule has 2 aliphatic rings. The Morgan fingerprint density at radius 2 is 1.88 bits per heavy atom. The number of hydrogen-bond donors (Lipinski definition) is 1. The van der Waals surface area contributed by atoms with Crippen LogP contribution in [0.15, 0.2) is 64.2 Å². The molecule has 0 bridgehead atoms. The van der Waals surface area contributed by atoms with E-state index in [1.165, 1.54) is 0 Å². The van der Waals surface area contributed by atoms with Gasteiger partial charge in [0.2, 0.25) is 5.78 Å². The van der Waals surface area contributed by atoms with Gasteiger partial charge in [-0.3, -0.25) is 4.79 Å². The average Bonchev–Trinajstić information content (AvgIpc) is 3.08. The van der Waals surface area contributed by atoms with Gasteiger partial charge in [-0.15, -0.1) is 0 Å². The van der Waals surface area contributed by atoms with Gasteiger partial charge >= 0.3 is 0 Å². The number of rotatable bonds is 4. The molecule has 5 heteroatoms. The standard InChI is InChI=1S/C19H17BrN2O2/c1-19(18(24-19)13-5-3-2-4-6-13)17(23)16-15(11-21-22-16)12-7-9-14(20)10-8-12/h2-10,15,18,21H,11H2,1H3/t15-,18-,19+/m0/s1. The molecule has 122 valence electrons. The summed E-state index contributed by atoms with van der Waals surface area (Å²) >= 11 is 3.44. The molecule has 1 fully saturated rings. The molecule has 0 radical (unpaired) electrons. The monoisotopic (exact) mass is 384 g/mol. The summed E-state index contributed by atoms with van der Waals surface area (Å²) in [4.78, 5) is 13.1. The quantitative estimate of drug-likeness (QED) is 0.819. The highest BCUT2D eigenvalue weighted by Crippen LogP contribution is 2.50. The molecular weight excluding hydrogens is 368 g/mol. The summed E-state index contributed by atoms with van der Waals surface area (Å²) in [6.45, 7) is 2.49. The third kappa shape index (κ3) is 2.58. The number of hydrazone groups is 1. The highest BCUT2D eigenvalue weighted by molar-refractivity contribution is 9.10. The number of ether oxygens (including phenoxy) is 1. The number of epoxide rings is 1. The van der Waals surface area contributed by atoms with Gasteiger partial charge in [0.25, 0.3) is 0 Å². The van der Waals surface area contributed by atoms with Gasteiger partial charge in [-0.2, -0.15) is 5.10 Å². The number of halogens is 1. The lowest BCUT2D eigenvalue weighted by Gasteiger charge is -2.13. The molecule has 1 saturated heterocycles. The van der Waals surface area contributed by atoms with E-state index in [9.17, 15) is 4.79 Å². The molecule has 3 atom stereocenters. The molecule has 24 heavy (non-hydrogen) atoms. The first-order valence-corrected chi connectivity index (χ1v) is 8.72. The molecular formula is C19H17BrN2O2. The van der Waals surface area contributed by atoms with Crippen LogP contribution in [0, 0.1) is 0 Å². The number of nitrogens with zero attached hydrogens (tertiary/aromatic N) is 1. The number of ketones is 1. The van der Waals surface area contributed by atoms with Gasteiger partial charge in [0, 0.05) is 11.0 Å². The Hall–Kier alpha value is -1.98. The van der Waals surface area contributed by atoms with Crippen molar-refractivity contribution in [2.75, 3.05) is 6.54 Å². The van der Waals surface area contributed by atoms with Crippen molar-refractivity contribution in [1.82, 2.24) is 5.43 Å². The number of carbonyl (C=O) groups excluding carboxylic acids is 1. The minimum Gasteiger partial charge on any atom is -0.352 e. The first-order valence-electron chi connectivity index (χ1n) is 7.93. The largest absolute Gasteiger partial charge is 0.352 e. The normalized spacial score (nSPS) is 28.2. The number of hydrogen-bond acceptors (Lipinski definition) is 4. The molecule has 4 nitrogen and oxygen atoms in total. The van der Waals surface area contributed by atoms with Crippen LogP contribution in [0.25, 0.3) is 0 Å². The van der Waals surface area contributed by atoms with E-state index in [1.54, 1.807) is 0 Å². The van der Waals surface area contributed by atoms with Gasteiger partial charge in [-0.25, -0.2) is 0 Å². The van der Waals surface area contributed by atoms with Crippen molar-refractivity contribution < 1.29 is 9.53 Å². The highest BCUT2D eigenvalue weighted by atomic mass is 79.9. The molecule has 0 unspecified atom stereocenters. The fourth-order valence-corrected chi connectivity index (χ4v) is 3.49. The first kappa shape index (κ1) is 15.5. The van der Waals surface area contributed by atoms with E-state index in [2.05, 4.69) is 26.5 Å². The van der Waals surface area contributed by atoms with Crippen LogP contribution in [0.1, 0.15) is 30.1 Å². The average molecular weight is 385 g/mol. The van der Waals surface area contributed by atoms with Crippen LogP contribution < -0.4 is 5.43 Å². The summed E-state index contributed by atoms with van der Waals surface area (Å²) in [7, 11) is 0. The van der Waals surface area contributed by atoms with Crippen LogP contribution in [0.5, 0.6) is 0 Å². The molecule has 2 aromatic rings. The summed E-state index contributed by atoms with van der Waals surface area (Å²) in [5.74, 6) is -0.0719. The number of carbonyl (C=O) groups is 1. The fourth-order valence-electron chi connectivity index (χ4n) is 3.23. The van der Waals surface area contributed by atoms with Crippen LogP contribution in [-0.2, 0) is 9.53 Å². The second-order valence-electron chi connectivity index (χ2n) is 6.31. The second-order valence-corrected chi connectivity index (χ2v) is 7.22. The van der Waals surface area contributed by atoms with Crippen molar-refractivity contribution in [3.05, 3.63) is 70.2 Å². The maximum atomic E-state index is 13.1. The summed E-state index contributed by atoms with van der Waals surface area (Å²) in [5, 5.41) is 4.28. The number of benzene rings is 2. The molecule has 1 N–H and O–H groups in total. The Morgan fingerprint density at radius 3 is 2.58 bits per heavy atom. The topological polar surface area (TPSA) is 54.0 Å². The van der Waals surface area contributed by atoms with Crippen molar-refractivity contribution in [3.63, 3.8) is 0 Å². The maximum Gasteiger partial charge on any atom is 0.214 e. The van der Waals surface area contributed by atoms with Crippen LogP contribution >= 0.6 is 15.9 Å². The Kier molecular flexibility index (Phi) is 3.77. The van der Waals surface area contributed by atoms with Crippen LogP contribution in [-0.4, -0.2) is 23.6 Å². The molecule has 2 aliphatic heterocycles. The van der Waals surface area contributed by atoms with Crippen molar-refractivity contribution >= 4 is 27.4 Å². The third-order valence-corrected chi connectivity index (χ3v) is 5.22. The molecule has 0 amide bonds. The lowest BCUT2D eigenvalue weighted by atomic mass is 9.86. The minimum absolute atomic E-state index is 0.0331. The van der Waals surface area contributed by atoms with E-state index in [0.29, 0.717) is 12.3 Å². The Bertz CT molecular complexity index is 804. The van der Waals surface area contributed by atoms with E-state index >= 15 is 0 Å². The molecule has 2 heterocycles. The first-order chi connectivity index (χ1) is 11.6. The van der Waals surface area contributed by atoms with Crippen LogP contribution in [0.4, 0.5) is 0 Å². The Labute approximate surface area is 149 Å². The Morgan fingerprint density at radius 1 is 1.17 bits per heavy atom. The van der Waals surface area contributed by atoms with Gasteiger partial charge in [0.15, 0.2) is 5.60 Å². The fraction of sp³-hybridized carbons (Fsp3) is 0.263. The predicted molar refractivity (Wildman–Crippen MR) is 96.0 cm³/mol. The zero-order valence-electron chi connectivity index (χ0n) is 13.2. The second kappa shape index (κ2) is 5.83. The van der Waals surface area contributed by atoms with Crippen LogP contribution in [0.3, 0.4) is 0 Å². The summed E-state index contributed by atoms with van der Waals surface area (Å²) < 4.78 is 6.82. The van der Waals surface area contributed by atoms with Gasteiger partial charge in [0.05, 0.1) is 5.92 Å². The van der Waals surface area contributed by atoms with Gasteiger partial charge in [0.1, 0.15) is 11.8 Å². The highest BCUT2D eigenvalue weighted by Gasteiger charge is 2.61. The van der Waals surface area contributed by atoms with E-state index in [-0.39, 0.29) is 17.8 Å². The molecule has 0 aromatic heterocycles. The van der Waals surface area contributed by atoms with Gasteiger partial charge < -0.3 is 10.2 Å². The third-order valence-electron chi connectivity index (χ3n) is 4.69. The van der Waals surface area contributed by atoms with Crippen LogP contribution in [0.2, 0.25) is 0 Å². The summed E-state index contributed by atoms with van der Waals surface area (Å²) in [5.41, 5.74) is 4.81. The zero-order chi connectivity index (χ0) is 16.7. The van der Waals surface area contributed by atoms with Crippen molar-refractivity contribution in [2.45, 2.75) is 24.5 Å². The van der Waals surface area contributed by atoms with E-state index < -0.39 is 5.60 Å². The lowest BCUT2D eigenvalue weighted by Crippen LogP contribution is -2.32. The Balaban J connectivity index is 1.57. The zero-order valence-corrected chi connectivity index (χ0v) is 14.8. The minimum atomic E-state index is -0.820. The molecule has 2 aromatic carbocycles. The maximum absolute atomic E-state index is 13.1. The van der Waals surface area contributed by atoms with Gasteiger partial charge in [-0.05, 0) is 30.2 Å². The lowest BCUT2D eigenvalue weighted by molar-refractivity contribution is -0.117. The van der Waals surface area contributed by atoms with E-state index in [1.807, 2.05) is 61.5 Å².